The summed E-state index contributed by atoms with van der Waals surface area (Å²) in [6.45, 7) is 8.33. The minimum Gasteiger partial charge on any atom is -0.340 e. The predicted molar refractivity (Wildman–Crippen MR) is 81.6 cm³/mol. The molecule has 1 atom stereocenters. The van der Waals surface area contributed by atoms with E-state index in [4.69, 9.17) is 0 Å². The van der Waals surface area contributed by atoms with Gasteiger partial charge < -0.3 is 10.2 Å². The highest BCUT2D eigenvalue weighted by Crippen LogP contribution is 2.08. The summed E-state index contributed by atoms with van der Waals surface area (Å²) in [7, 11) is 1.88. The highest BCUT2D eigenvalue weighted by atomic mass is 16.2. The quantitative estimate of drug-likeness (QED) is 0.898. The van der Waals surface area contributed by atoms with Crippen LogP contribution >= 0.6 is 0 Å². The SMILES string of the molecule is Cc1ccc(CN(C)C(=O)CN2CCNC[C@@H]2C)cc1. The summed E-state index contributed by atoms with van der Waals surface area (Å²) in [5, 5.41) is 3.35. The number of piperazine rings is 1. The molecule has 1 aliphatic heterocycles. The number of nitrogens with zero attached hydrogens (tertiary/aromatic N) is 2. The Bertz CT molecular complexity index is 444. The van der Waals surface area contributed by atoms with Crippen molar-refractivity contribution in [1.29, 1.82) is 0 Å². The van der Waals surface area contributed by atoms with E-state index in [0.29, 0.717) is 19.1 Å². The van der Waals surface area contributed by atoms with Crippen LogP contribution in [0.3, 0.4) is 0 Å². The Labute approximate surface area is 121 Å². The fourth-order valence-corrected chi connectivity index (χ4v) is 2.47. The standard InChI is InChI=1S/C16H25N3O/c1-13-4-6-15(7-5-13)11-18(3)16(20)12-19-9-8-17-10-14(19)2/h4-7,14,17H,8-12H2,1-3H3/t14-/m0/s1. The van der Waals surface area contributed by atoms with E-state index in [1.807, 2.05) is 11.9 Å². The van der Waals surface area contributed by atoms with Gasteiger partial charge in [0.2, 0.25) is 5.91 Å². The van der Waals surface area contributed by atoms with Crippen molar-refractivity contribution >= 4 is 5.91 Å². The molecule has 1 aromatic rings. The maximum Gasteiger partial charge on any atom is 0.236 e. The van der Waals surface area contributed by atoms with E-state index in [1.54, 1.807) is 0 Å². The smallest absolute Gasteiger partial charge is 0.236 e. The van der Waals surface area contributed by atoms with E-state index >= 15 is 0 Å². The zero-order chi connectivity index (χ0) is 14.5. The van der Waals surface area contributed by atoms with Crippen molar-refractivity contribution in [3.05, 3.63) is 35.4 Å². The summed E-state index contributed by atoms with van der Waals surface area (Å²) >= 11 is 0. The number of hydrogen-bond acceptors (Lipinski definition) is 3. The Morgan fingerprint density at radius 2 is 2.10 bits per heavy atom. The molecule has 20 heavy (non-hydrogen) atoms. The van der Waals surface area contributed by atoms with Crippen LogP contribution in [0.2, 0.25) is 0 Å². The van der Waals surface area contributed by atoms with Crippen LogP contribution in [-0.2, 0) is 11.3 Å². The average molecular weight is 275 g/mol. The third kappa shape index (κ3) is 4.05. The van der Waals surface area contributed by atoms with Crippen LogP contribution in [0, 0.1) is 6.92 Å². The molecule has 4 nitrogen and oxygen atoms in total. The van der Waals surface area contributed by atoms with Crippen LogP contribution in [-0.4, -0.2) is 55.0 Å². The van der Waals surface area contributed by atoms with E-state index in [0.717, 1.165) is 19.6 Å². The Balaban J connectivity index is 1.86. The maximum absolute atomic E-state index is 12.3. The third-order valence-electron chi connectivity index (χ3n) is 3.94. The first-order chi connectivity index (χ1) is 9.56. The van der Waals surface area contributed by atoms with Gasteiger partial charge in [0.05, 0.1) is 6.54 Å². The van der Waals surface area contributed by atoms with Gasteiger partial charge in [0, 0.05) is 39.3 Å². The van der Waals surface area contributed by atoms with Gasteiger partial charge in [-0.3, -0.25) is 9.69 Å². The van der Waals surface area contributed by atoms with Crippen molar-refractivity contribution in [3.8, 4) is 0 Å². The second-order valence-electron chi connectivity index (χ2n) is 5.76. The van der Waals surface area contributed by atoms with E-state index in [2.05, 4.69) is 48.3 Å². The second kappa shape index (κ2) is 6.86. The van der Waals surface area contributed by atoms with Gasteiger partial charge >= 0.3 is 0 Å². The van der Waals surface area contributed by atoms with E-state index < -0.39 is 0 Å². The van der Waals surface area contributed by atoms with Gasteiger partial charge in [-0.05, 0) is 19.4 Å². The first-order valence-electron chi connectivity index (χ1n) is 7.30. The molecular weight excluding hydrogens is 250 g/mol. The van der Waals surface area contributed by atoms with Crippen molar-refractivity contribution in [2.45, 2.75) is 26.4 Å². The number of aryl methyl sites for hydroxylation is 1. The van der Waals surface area contributed by atoms with E-state index in [-0.39, 0.29) is 5.91 Å². The van der Waals surface area contributed by atoms with E-state index in [1.165, 1.54) is 11.1 Å². The van der Waals surface area contributed by atoms with Crippen molar-refractivity contribution < 1.29 is 4.79 Å². The topological polar surface area (TPSA) is 35.6 Å². The maximum atomic E-state index is 12.3. The van der Waals surface area contributed by atoms with Gasteiger partial charge in [0.15, 0.2) is 0 Å². The lowest BCUT2D eigenvalue weighted by Crippen LogP contribution is -2.52. The third-order valence-corrected chi connectivity index (χ3v) is 3.94. The van der Waals surface area contributed by atoms with Gasteiger partial charge in [0.1, 0.15) is 0 Å². The minimum atomic E-state index is 0.194. The zero-order valence-corrected chi connectivity index (χ0v) is 12.7. The zero-order valence-electron chi connectivity index (χ0n) is 12.7. The number of amides is 1. The molecule has 0 aromatic heterocycles. The number of nitrogens with one attached hydrogen (secondary N) is 1. The largest absolute Gasteiger partial charge is 0.340 e. The molecule has 0 bridgehead atoms. The predicted octanol–water partition coefficient (Wildman–Crippen LogP) is 1.25. The lowest BCUT2D eigenvalue weighted by Gasteiger charge is -2.34. The van der Waals surface area contributed by atoms with Crippen LogP contribution in [0.5, 0.6) is 0 Å². The molecule has 1 aromatic carbocycles. The number of carbonyl (C=O) groups excluding carboxylic acids is 1. The molecule has 1 amide bonds. The molecule has 0 unspecified atom stereocenters. The summed E-state index contributed by atoms with van der Waals surface area (Å²) in [6, 6.07) is 8.79. The Hall–Kier alpha value is -1.39. The highest BCUT2D eigenvalue weighted by molar-refractivity contribution is 5.78. The molecule has 0 spiro atoms. The van der Waals surface area contributed by atoms with Gasteiger partial charge in [-0.1, -0.05) is 29.8 Å². The Morgan fingerprint density at radius 3 is 2.75 bits per heavy atom. The van der Waals surface area contributed by atoms with E-state index in [9.17, 15) is 4.79 Å². The number of benzene rings is 1. The average Bonchev–Trinajstić information content (AvgIpc) is 2.44. The summed E-state index contributed by atoms with van der Waals surface area (Å²) in [5.41, 5.74) is 2.43. The summed E-state index contributed by atoms with van der Waals surface area (Å²) in [6.07, 6.45) is 0. The first-order valence-corrected chi connectivity index (χ1v) is 7.30. The highest BCUT2D eigenvalue weighted by Gasteiger charge is 2.21. The van der Waals surface area contributed by atoms with Crippen molar-refractivity contribution in [1.82, 2.24) is 15.1 Å². The molecule has 1 N–H and O–H groups in total. The van der Waals surface area contributed by atoms with Gasteiger partial charge in [-0.25, -0.2) is 0 Å². The molecule has 0 radical (unpaired) electrons. The van der Waals surface area contributed by atoms with Gasteiger partial charge in [0.25, 0.3) is 0 Å². The van der Waals surface area contributed by atoms with Gasteiger partial charge in [-0.2, -0.15) is 0 Å². The lowest BCUT2D eigenvalue weighted by atomic mass is 10.1. The molecule has 4 heteroatoms. The van der Waals surface area contributed by atoms with Crippen LogP contribution in [0.15, 0.2) is 24.3 Å². The number of carbonyl (C=O) groups is 1. The number of hydrogen-bond donors (Lipinski definition) is 1. The summed E-state index contributed by atoms with van der Waals surface area (Å²) < 4.78 is 0. The monoisotopic (exact) mass is 275 g/mol. The number of rotatable bonds is 4. The lowest BCUT2D eigenvalue weighted by molar-refractivity contribution is -0.132. The molecule has 110 valence electrons. The fourth-order valence-electron chi connectivity index (χ4n) is 2.47. The number of likely N-dealkylation sites (N-methyl/N-ethyl adjacent to an activating group) is 1. The minimum absolute atomic E-state index is 0.194. The molecule has 1 fully saturated rings. The molecule has 0 saturated carbocycles. The van der Waals surface area contributed by atoms with Crippen molar-refractivity contribution in [2.24, 2.45) is 0 Å². The molecular formula is C16H25N3O. The van der Waals surface area contributed by atoms with Crippen LogP contribution in [0.1, 0.15) is 18.1 Å². The summed E-state index contributed by atoms with van der Waals surface area (Å²) in [5.74, 6) is 0.194. The molecule has 1 aliphatic rings. The first kappa shape index (κ1) is 15.0. The van der Waals surface area contributed by atoms with Crippen molar-refractivity contribution in [3.63, 3.8) is 0 Å². The van der Waals surface area contributed by atoms with Gasteiger partial charge in [-0.15, -0.1) is 0 Å². The summed E-state index contributed by atoms with van der Waals surface area (Å²) in [4.78, 5) is 16.4. The van der Waals surface area contributed by atoms with Crippen LogP contribution in [0.25, 0.3) is 0 Å². The second-order valence-corrected chi connectivity index (χ2v) is 5.76. The molecule has 1 saturated heterocycles. The fraction of sp³-hybridized carbons (Fsp3) is 0.562. The molecule has 1 heterocycles. The Morgan fingerprint density at radius 1 is 1.40 bits per heavy atom. The van der Waals surface area contributed by atoms with Crippen molar-refractivity contribution in [2.75, 3.05) is 33.2 Å². The Kier molecular flexibility index (Phi) is 5.15. The molecule has 2 rings (SSSR count). The normalized spacial score (nSPS) is 19.9. The van der Waals surface area contributed by atoms with Crippen LogP contribution < -0.4 is 5.32 Å². The molecule has 0 aliphatic carbocycles. The van der Waals surface area contributed by atoms with Crippen LogP contribution in [0.4, 0.5) is 0 Å².